The second kappa shape index (κ2) is 8.35. The van der Waals surface area contributed by atoms with E-state index in [4.69, 9.17) is 4.74 Å². The Kier molecular flexibility index (Phi) is 5.93. The van der Waals surface area contributed by atoms with Crippen LogP contribution in [0.15, 0.2) is 29.8 Å². The third-order valence-electron chi connectivity index (χ3n) is 4.05. The van der Waals surface area contributed by atoms with Crippen molar-refractivity contribution in [2.45, 2.75) is 45.3 Å². The van der Waals surface area contributed by atoms with E-state index in [0.717, 1.165) is 43.0 Å². The van der Waals surface area contributed by atoms with E-state index in [0.29, 0.717) is 18.8 Å². The lowest BCUT2D eigenvalue weighted by molar-refractivity contribution is 0.0500. The van der Waals surface area contributed by atoms with Gasteiger partial charge < -0.3 is 9.64 Å². The van der Waals surface area contributed by atoms with Crippen molar-refractivity contribution < 1.29 is 9.53 Å². The maximum atomic E-state index is 12.9. The molecule has 0 aliphatic carbocycles. The standard InChI is InChI=1S/C18H23N3O2S/c1-2-6-17-20-16(13-24-17)18(22)21(12-15-8-5-10-23-15)11-14-7-3-4-9-19-14/h3-4,7,9,13,15H,2,5-6,8,10-12H2,1H3/t15-/m0/s1. The van der Waals surface area contributed by atoms with Crippen molar-refractivity contribution >= 4 is 17.2 Å². The average Bonchev–Trinajstić information content (AvgIpc) is 3.27. The van der Waals surface area contributed by atoms with E-state index in [2.05, 4.69) is 16.9 Å². The van der Waals surface area contributed by atoms with Crippen molar-refractivity contribution in [1.29, 1.82) is 0 Å². The summed E-state index contributed by atoms with van der Waals surface area (Å²) in [5.41, 5.74) is 1.42. The Morgan fingerprint density at radius 1 is 1.46 bits per heavy atom. The minimum atomic E-state index is -0.0326. The lowest BCUT2D eigenvalue weighted by Gasteiger charge is -2.24. The highest BCUT2D eigenvalue weighted by Gasteiger charge is 2.25. The van der Waals surface area contributed by atoms with Gasteiger partial charge in [-0.15, -0.1) is 11.3 Å². The molecular formula is C18H23N3O2S. The predicted octanol–water partition coefficient (Wildman–Crippen LogP) is 3.31. The van der Waals surface area contributed by atoms with Crippen molar-refractivity contribution in [3.05, 3.63) is 46.2 Å². The van der Waals surface area contributed by atoms with Gasteiger partial charge in [0.25, 0.3) is 5.91 Å². The van der Waals surface area contributed by atoms with Crippen molar-refractivity contribution in [1.82, 2.24) is 14.9 Å². The molecule has 0 unspecified atom stereocenters. The van der Waals surface area contributed by atoms with Crippen LogP contribution in [-0.4, -0.2) is 40.0 Å². The molecule has 0 spiro atoms. The monoisotopic (exact) mass is 345 g/mol. The Hall–Kier alpha value is -1.79. The number of carbonyl (C=O) groups excluding carboxylic acids is 1. The Balaban J connectivity index is 1.75. The molecule has 24 heavy (non-hydrogen) atoms. The summed E-state index contributed by atoms with van der Waals surface area (Å²) >= 11 is 1.56. The highest BCUT2D eigenvalue weighted by molar-refractivity contribution is 7.09. The van der Waals surface area contributed by atoms with Gasteiger partial charge in [0.05, 0.1) is 23.4 Å². The van der Waals surface area contributed by atoms with E-state index in [9.17, 15) is 4.79 Å². The number of nitrogens with zero attached hydrogens (tertiary/aromatic N) is 3. The van der Waals surface area contributed by atoms with Crippen LogP contribution >= 0.6 is 11.3 Å². The molecule has 0 saturated carbocycles. The molecule has 3 heterocycles. The van der Waals surface area contributed by atoms with Gasteiger partial charge in [-0.1, -0.05) is 13.0 Å². The molecule has 5 nitrogen and oxygen atoms in total. The second-order valence-electron chi connectivity index (χ2n) is 6.02. The molecule has 2 aromatic heterocycles. The smallest absolute Gasteiger partial charge is 0.273 e. The first-order chi connectivity index (χ1) is 11.8. The third-order valence-corrected chi connectivity index (χ3v) is 4.96. The molecule has 128 valence electrons. The van der Waals surface area contributed by atoms with Gasteiger partial charge in [-0.3, -0.25) is 9.78 Å². The molecule has 1 atom stereocenters. The zero-order valence-electron chi connectivity index (χ0n) is 14.0. The van der Waals surface area contributed by atoms with Crippen molar-refractivity contribution in [3.63, 3.8) is 0 Å². The number of ether oxygens (including phenoxy) is 1. The number of hydrogen-bond donors (Lipinski definition) is 0. The van der Waals surface area contributed by atoms with Gasteiger partial charge in [0, 0.05) is 24.7 Å². The van der Waals surface area contributed by atoms with E-state index in [1.54, 1.807) is 17.5 Å². The normalized spacial score (nSPS) is 17.1. The minimum Gasteiger partial charge on any atom is -0.376 e. The van der Waals surface area contributed by atoms with Crippen molar-refractivity contribution in [3.8, 4) is 0 Å². The number of pyridine rings is 1. The molecule has 1 fully saturated rings. The van der Waals surface area contributed by atoms with Crippen LogP contribution in [0.25, 0.3) is 0 Å². The topological polar surface area (TPSA) is 55.3 Å². The predicted molar refractivity (Wildman–Crippen MR) is 94.1 cm³/mol. The number of hydrogen-bond acceptors (Lipinski definition) is 5. The lowest BCUT2D eigenvalue weighted by atomic mass is 10.2. The van der Waals surface area contributed by atoms with Gasteiger partial charge in [0.2, 0.25) is 0 Å². The van der Waals surface area contributed by atoms with Gasteiger partial charge in [0.15, 0.2) is 0 Å². The Morgan fingerprint density at radius 3 is 3.08 bits per heavy atom. The van der Waals surface area contributed by atoms with E-state index in [1.165, 1.54) is 0 Å². The van der Waals surface area contributed by atoms with Gasteiger partial charge in [-0.05, 0) is 37.8 Å². The summed E-state index contributed by atoms with van der Waals surface area (Å²) in [5.74, 6) is -0.0326. The average molecular weight is 345 g/mol. The molecule has 2 aromatic rings. The number of amides is 1. The van der Waals surface area contributed by atoms with Crippen LogP contribution in [0.1, 0.15) is 47.4 Å². The zero-order valence-corrected chi connectivity index (χ0v) is 14.8. The van der Waals surface area contributed by atoms with Crippen LogP contribution in [0.5, 0.6) is 0 Å². The molecule has 1 amide bonds. The third kappa shape index (κ3) is 4.39. The molecule has 0 radical (unpaired) electrons. The van der Waals surface area contributed by atoms with Crippen LogP contribution in [-0.2, 0) is 17.7 Å². The van der Waals surface area contributed by atoms with Crippen molar-refractivity contribution in [2.75, 3.05) is 13.2 Å². The summed E-state index contributed by atoms with van der Waals surface area (Å²) in [7, 11) is 0. The highest BCUT2D eigenvalue weighted by atomic mass is 32.1. The first-order valence-corrected chi connectivity index (χ1v) is 9.39. The number of rotatable bonds is 7. The fourth-order valence-corrected chi connectivity index (χ4v) is 3.71. The molecule has 0 aromatic carbocycles. The Morgan fingerprint density at radius 2 is 2.38 bits per heavy atom. The second-order valence-corrected chi connectivity index (χ2v) is 6.96. The molecule has 1 aliphatic heterocycles. The van der Waals surface area contributed by atoms with Crippen LogP contribution in [0.2, 0.25) is 0 Å². The molecular weight excluding hydrogens is 322 g/mol. The van der Waals surface area contributed by atoms with Crippen LogP contribution in [0, 0.1) is 0 Å². The SMILES string of the molecule is CCCc1nc(C(=O)N(Cc2ccccn2)C[C@@H]2CCCO2)cs1. The molecule has 0 bridgehead atoms. The first kappa shape index (κ1) is 17.0. The Labute approximate surface area is 146 Å². The van der Waals surface area contributed by atoms with Crippen LogP contribution in [0.3, 0.4) is 0 Å². The Bertz CT molecular complexity index is 653. The summed E-state index contributed by atoms with van der Waals surface area (Å²) in [6, 6.07) is 5.77. The van der Waals surface area contributed by atoms with E-state index in [1.807, 2.05) is 28.5 Å². The van der Waals surface area contributed by atoms with Gasteiger partial charge in [0.1, 0.15) is 5.69 Å². The first-order valence-electron chi connectivity index (χ1n) is 8.51. The summed E-state index contributed by atoms with van der Waals surface area (Å²) in [6.07, 6.45) is 5.90. The van der Waals surface area contributed by atoms with Gasteiger partial charge in [-0.2, -0.15) is 0 Å². The van der Waals surface area contributed by atoms with Crippen LogP contribution in [0.4, 0.5) is 0 Å². The maximum Gasteiger partial charge on any atom is 0.273 e. The number of aryl methyl sites for hydroxylation is 1. The lowest BCUT2D eigenvalue weighted by Crippen LogP contribution is -2.37. The molecule has 1 aliphatic rings. The van der Waals surface area contributed by atoms with E-state index < -0.39 is 0 Å². The summed E-state index contributed by atoms with van der Waals surface area (Å²) in [6.45, 7) is 3.98. The molecule has 3 rings (SSSR count). The van der Waals surface area contributed by atoms with E-state index in [-0.39, 0.29) is 12.0 Å². The fourth-order valence-electron chi connectivity index (χ4n) is 2.84. The summed E-state index contributed by atoms with van der Waals surface area (Å²) in [4.78, 5) is 23.6. The van der Waals surface area contributed by atoms with Crippen LogP contribution < -0.4 is 0 Å². The van der Waals surface area contributed by atoms with Gasteiger partial charge >= 0.3 is 0 Å². The molecule has 6 heteroatoms. The minimum absolute atomic E-state index is 0.0326. The maximum absolute atomic E-state index is 12.9. The number of aromatic nitrogens is 2. The summed E-state index contributed by atoms with van der Waals surface area (Å²) in [5, 5.41) is 2.89. The molecule has 0 N–H and O–H groups in total. The number of carbonyl (C=O) groups is 1. The van der Waals surface area contributed by atoms with E-state index >= 15 is 0 Å². The quantitative estimate of drug-likeness (QED) is 0.772. The summed E-state index contributed by atoms with van der Waals surface area (Å²) < 4.78 is 5.72. The molecule has 1 saturated heterocycles. The zero-order chi connectivity index (χ0) is 16.8. The van der Waals surface area contributed by atoms with Gasteiger partial charge in [-0.25, -0.2) is 4.98 Å². The number of thiazole rings is 1. The largest absolute Gasteiger partial charge is 0.376 e. The fraction of sp³-hybridized carbons (Fsp3) is 0.500. The van der Waals surface area contributed by atoms with Crippen molar-refractivity contribution in [2.24, 2.45) is 0 Å². The highest BCUT2D eigenvalue weighted by Crippen LogP contribution is 2.18.